The van der Waals surface area contributed by atoms with Gasteiger partial charge in [-0.05, 0) is 55.8 Å². The third kappa shape index (κ3) is 3.46. The number of nitrogens with zero attached hydrogens (tertiary/aromatic N) is 2. The van der Waals surface area contributed by atoms with Crippen LogP contribution in [0.2, 0.25) is 0 Å². The van der Waals surface area contributed by atoms with Crippen molar-refractivity contribution in [2.24, 2.45) is 0 Å². The number of carbonyl (C=O) groups is 1. The van der Waals surface area contributed by atoms with Crippen molar-refractivity contribution in [3.63, 3.8) is 0 Å². The lowest BCUT2D eigenvalue weighted by atomic mass is 10.2. The molecular formula is C19H19N3O2. The van der Waals surface area contributed by atoms with Crippen LogP contribution in [-0.4, -0.2) is 15.7 Å². The SMILES string of the molecule is Cc1cc(C)n(-c2cccc(C(=O)OCc3ccc(N)cc3)c2)n1. The summed E-state index contributed by atoms with van der Waals surface area (Å²) < 4.78 is 7.18. The van der Waals surface area contributed by atoms with Crippen LogP contribution in [0.5, 0.6) is 0 Å². The van der Waals surface area contributed by atoms with Crippen molar-refractivity contribution in [3.8, 4) is 5.69 Å². The van der Waals surface area contributed by atoms with Crippen LogP contribution in [0.3, 0.4) is 0 Å². The molecule has 0 atom stereocenters. The van der Waals surface area contributed by atoms with Crippen molar-refractivity contribution in [2.45, 2.75) is 20.5 Å². The molecule has 0 radical (unpaired) electrons. The van der Waals surface area contributed by atoms with Crippen molar-refractivity contribution in [1.82, 2.24) is 9.78 Å². The van der Waals surface area contributed by atoms with Gasteiger partial charge in [0.05, 0.1) is 16.9 Å². The quantitative estimate of drug-likeness (QED) is 0.590. The van der Waals surface area contributed by atoms with Gasteiger partial charge in [-0.1, -0.05) is 18.2 Å². The summed E-state index contributed by atoms with van der Waals surface area (Å²) >= 11 is 0. The molecule has 0 amide bonds. The molecule has 1 aromatic heterocycles. The Morgan fingerprint density at radius 2 is 1.88 bits per heavy atom. The monoisotopic (exact) mass is 321 g/mol. The van der Waals surface area contributed by atoms with Crippen molar-refractivity contribution in [2.75, 3.05) is 5.73 Å². The van der Waals surface area contributed by atoms with Crippen LogP contribution in [0.25, 0.3) is 5.69 Å². The van der Waals surface area contributed by atoms with Gasteiger partial charge in [-0.2, -0.15) is 5.10 Å². The standard InChI is InChI=1S/C19H19N3O2/c1-13-10-14(2)22(21-13)18-5-3-4-16(11-18)19(23)24-12-15-6-8-17(20)9-7-15/h3-11H,12,20H2,1-2H3. The van der Waals surface area contributed by atoms with E-state index in [0.29, 0.717) is 11.3 Å². The molecule has 0 aliphatic rings. The number of rotatable bonds is 4. The second kappa shape index (κ2) is 6.58. The molecule has 0 aliphatic heterocycles. The molecule has 0 bridgehead atoms. The first kappa shape index (κ1) is 15.8. The van der Waals surface area contributed by atoms with Crippen molar-refractivity contribution < 1.29 is 9.53 Å². The van der Waals surface area contributed by atoms with Crippen LogP contribution < -0.4 is 5.73 Å². The largest absolute Gasteiger partial charge is 0.457 e. The zero-order valence-corrected chi connectivity index (χ0v) is 13.7. The summed E-state index contributed by atoms with van der Waals surface area (Å²) in [7, 11) is 0. The summed E-state index contributed by atoms with van der Waals surface area (Å²) in [5, 5.41) is 4.44. The number of ether oxygens (including phenoxy) is 1. The van der Waals surface area contributed by atoms with Crippen molar-refractivity contribution >= 4 is 11.7 Å². The Bertz CT molecular complexity index is 867. The molecule has 1 heterocycles. The van der Waals surface area contributed by atoms with E-state index in [1.54, 1.807) is 24.3 Å². The smallest absolute Gasteiger partial charge is 0.338 e. The highest BCUT2D eigenvalue weighted by atomic mass is 16.5. The highest BCUT2D eigenvalue weighted by molar-refractivity contribution is 5.90. The first-order valence-corrected chi connectivity index (χ1v) is 7.68. The van der Waals surface area contributed by atoms with Gasteiger partial charge in [-0.25, -0.2) is 9.48 Å². The van der Waals surface area contributed by atoms with Gasteiger partial charge < -0.3 is 10.5 Å². The predicted molar refractivity (Wildman–Crippen MR) is 93.0 cm³/mol. The highest BCUT2D eigenvalue weighted by Gasteiger charge is 2.10. The number of aromatic nitrogens is 2. The van der Waals surface area contributed by atoms with Crippen LogP contribution in [0.4, 0.5) is 5.69 Å². The Morgan fingerprint density at radius 3 is 2.54 bits per heavy atom. The fourth-order valence-electron chi connectivity index (χ4n) is 2.50. The summed E-state index contributed by atoms with van der Waals surface area (Å²) in [6.45, 7) is 4.13. The van der Waals surface area contributed by atoms with Gasteiger partial charge in [0, 0.05) is 11.4 Å². The van der Waals surface area contributed by atoms with E-state index < -0.39 is 0 Å². The molecule has 0 unspecified atom stereocenters. The van der Waals surface area contributed by atoms with Gasteiger partial charge in [0.15, 0.2) is 0 Å². The lowest BCUT2D eigenvalue weighted by molar-refractivity contribution is 0.0472. The van der Waals surface area contributed by atoms with Gasteiger partial charge in [0.25, 0.3) is 0 Å². The third-order valence-electron chi connectivity index (χ3n) is 3.69. The Kier molecular flexibility index (Phi) is 4.33. The van der Waals surface area contributed by atoms with E-state index >= 15 is 0 Å². The summed E-state index contributed by atoms with van der Waals surface area (Å²) in [5.74, 6) is -0.366. The van der Waals surface area contributed by atoms with Gasteiger partial charge in [0.1, 0.15) is 6.61 Å². The van der Waals surface area contributed by atoms with Gasteiger partial charge in [-0.3, -0.25) is 0 Å². The average Bonchev–Trinajstić information content (AvgIpc) is 2.92. The third-order valence-corrected chi connectivity index (χ3v) is 3.69. The number of aryl methyl sites for hydroxylation is 2. The molecule has 0 saturated heterocycles. The molecule has 3 rings (SSSR count). The van der Waals surface area contributed by atoms with Gasteiger partial charge in [0.2, 0.25) is 0 Å². The molecule has 0 fully saturated rings. The number of nitrogens with two attached hydrogens (primary N) is 1. The van der Waals surface area contributed by atoms with E-state index in [0.717, 1.165) is 22.6 Å². The maximum absolute atomic E-state index is 12.3. The molecule has 122 valence electrons. The molecule has 5 nitrogen and oxygen atoms in total. The second-order valence-electron chi connectivity index (χ2n) is 5.71. The molecule has 0 saturated carbocycles. The number of anilines is 1. The minimum Gasteiger partial charge on any atom is -0.457 e. The van der Waals surface area contributed by atoms with E-state index in [2.05, 4.69) is 5.10 Å². The summed E-state index contributed by atoms with van der Waals surface area (Å²) in [6, 6.07) is 16.5. The minimum atomic E-state index is -0.366. The van der Waals surface area contributed by atoms with E-state index in [9.17, 15) is 4.79 Å². The van der Waals surface area contributed by atoms with E-state index in [4.69, 9.17) is 10.5 Å². The van der Waals surface area contributed by atoms with E-state index in [1.165, 1.54) is 0 Å². The first-order valence-electron chi connectivity index (χ1n) is 7.68. The zero-order valence-electron chi connectivity index (χ0n) is 13.7. The molecule has 0 spiro atoms. The number of nitrogen functional groups attached to an aromatic ring is 1. The molecular weight excluding hydrogens is 302 g/mol. The molecule has 2 N–H and O–H groups in total. The number of hydrogen-bond donors (Lipinski definition) is 1. The molecule has 2 aromatic carbocycles. The molecule has 3 aromatic rings. The molecule has 5 heteroatoms. The highest BCUT2D eigenvalue weighted by Crippen LogP contribution is 2.15. The summed E-state index contributed by atoms with van der Waals surface area (Å²) in [4.78, 5) is 12.3. The Balaban J connectivity index is 1.74. The Labute approximate surface area is 140 Å². The maximum Gasteiger partial charge on any atom is 0.338 e. The van der Waals surface area contributed by atoms with E-state index in [-0.39, 0.29) is 12.6 Å². The predicted octanol–water partition coefficient (Wildman–Crippen LogP) is 3.43. The molecule has 24 heavy (non-hydrogen) atoms. The lowest BCUT2D eigenvalue weighted by Gasteiger charge is -2.08. The number of benzene rings is 2. The van der Waals surface area contributed by atoms with Crippen molar-refractivity contribution in [1.29, 1.82) is 0 Å². The van der Waals surface area contributed by atoms with E-state index in [1.807, 2.05) is 48.9 Å². The summed E-state index contributed by atoms with van der Waals surface area (Å²) in [6.07, 6.45) is 0. The Morgan fingerprint density at radius 1 is 1.12 bits per heavy atom. The Hall–Kier alpha value is -3.08. The fourth-order valence-corrected chi connectivity index (χ4v) is 2.50. The summed E-state index contributed by atoms with van der Waals surface area (Å²) in [5.41, 5.74) is 10.5. The van der Waals surface area contributed by atoms with Crippen LogP contribution >= 0.6 is 0 Å². The van der Waals surface area contributed by atoms with Crippen LogP contribution in [0, 0.1) is 13.8 Å². The number of hydrogen-bond acceptors (Lipinski definition) is 4. The minimum absolute atomic E-state index is 0.212. The fraction of sp³-hybridized carbons (Fsp3) is 0.158. The maximum atomic E-state index is 12.3. The average molecular weight is 321 g/mol. The van der Waals surface area contributed by atoms with Crippen LogP contribution in [0.15, 0.2) is 54.6 Å². The zero-order chi connectivity index (χ0) is 17.1. The normalized spacial score (nSPS) is 10.6. The number of esters is 1. The number of carbonyl (C=O) groups excluding carboxylic acids is 1. The molecule has 0 aliphatic carbocycles. The van der Waals surface area contributed by atoms with Gasteiger partial charge in [-0.15, -0.1) is 0 Å². The van der Waals surface area contributed by atoms with Crippen molar-refractivity contribution in [3.05, 3.63) is 77.1 Å². The van der Waals surface area contributed by atoms with Crippen LogP contribution in [-0.2, 0) is 11.3 Å². The topological polar surface area (TPSA) is 70.1 Å². The second-order valence-corrected chi connectivity index (χ2v) is 5.71. The first-order chi connectivity index (χ1) is 11.5. The van der Waals surface area contributed by atoms with Crippen LogP contribution in [0.1, 0.15) is 27.3 Å². The lowest BCUT2D eigenvalue weighted by Crippen LogP contribution is -2.07. The van der Waals surface area contributed by atoms with Gasteiger partial charge >= 0.3 is 5.97 Å².